The molecule has 0 aliphatic carbocycles. The van der Waals surface area contributed by atoms with Crippen LogP contribution in [0.25, 0.3) is 0 Å². The van der Waals surface area contributed by atoms with Crippen LogP contribution in [0, 0.1) is 0 Å². The molecule has 1 heterocycles. The van der Waals surface area contributed by atoms with Crippen LogP contribution in [0.3, 0.4) is 0 Å². The Bertz CT molecular complexity index is 544. The van der Waals surface area contributed by atoms with E-state index in [1.54, 1.807) is 11.8 Å². The molecule has 1 N–H and O–H groups in total. The monoisotopic (exact) mass is 400 g/mol. The fourth-order valence-electron chi connectivity index (χ4n) is 1.54. The van der Waals surface area contributed by atoms with Crippen molar-refractivity contribution in [2.45, 2.75) is 23.4 Å². The highest BCUT2D eigenvalue weighted by Gasteiger charge is 2.03. The summed E-state index contributed by atoms with van der Waals surface area (Å²) in [6, 6.07) is 10.4. The van der Waals surface area contributed by atoms with Crippen molar-refractivity contribution in [3.05, 3.63) is 51.0 Å². The van der Waals surface area contributed by atoms with Gasteiger partial charge in [-0.2, -0.15) is 0 Å². The Kier molecular flexibility index (Phi) is 5.88. The highest BCUT2D eigenvalue weighted by molar-refractivity contribution is 9.10. The first-order valence-corrected chi connectivity index (χ1v) is 8.38. The van der Waals surface area contributed by atoms with Crippen LogP contribution in [0.4, 0.5) is 0 Å². The van der Waals surface area contributed by atoms with Crippen molar-refractivity contribution in [1.82, 2.24) is 10.3 Å². The summed E-state index contributed by atoms with van der Waals surface area (Å²) in [7, 11) is 0. The molecule has 5 heteroatoms. The maximum atomic E-state index is 4.36. The average molecular weight is 402 g/mol. The lowest BCUT2D eigenvalue weighted by Gasteiger charge is -2.07. The Morgan fingerprint density at radius 3 is 2.68 bits per heavy atom. The number of nitrogens with zero attached hydrogens (tertiary/aromatic N) is 1. The second kappa shape index (κ2) is 7.43. The maximum Gasteiger partial charge on any atom is 0.101 e. The van der Waals surface area contributed by atoms with E-state index < -0.39 is 0 Å². The summed E-state index contributed by atoms with van der Waals surface area (Å²) in [5.41, 5.74) is 1.27. The average Bonchev–Trinajstić information content (AvgIpc) is 2.41. The maximum absolute atomic E-state index is 4.36. The van der Waals surface area contributed by atoms with Gasteiger partial charge < -0.3 is 5.32 Å². The Morgan fingerprint density at radius 1 is 1.21 bits per heavy atom. The highest BCUT2D eigenvalue weighted by atomic mass is 79.9. The molecule has 0 aliphatic rings. The van der Waals surface area contributed by atoms with Crippen LogP contribution in [0.15, 0.2) is 55.4 Å². The molecule has 0 atom stereocenters. The smallest absolute Gasteiger partial charge is 0.101 e. The molecular weight excluding hydrogens is 388 g/mol. The van der Waals surface area contributed by atoms with Gasteiger partial charge in [0.05, 0.1) is 0 Å². The van der Waals surface area contributed by atoms with Gasteiger partial charge in [-0.05, 0) is 52.3 Å². The Hall–Kier alpha value is -0.360. The minimum Gasteiger partial charge on any atom is -0.313 e. The first-order chi connectivity index (χ1) is 9.19. The minimum atomic E-state index is 0.887. The fraction of sp³-hybridized carbons (Fsp3) is 0.214. The lowest BCUT2D eigenvalue weighted by molar-refractivity contribution is 0.724. The quantitative estimate of drug-likeness (QED) is 0.773. The molecule has 19 heavy (non-hydrogen) atoms. The summed E-state index contributed by atoms with van der Waals surface area (Å²) < 4.78 is 2.13. The molecule has 0 bridgehead atoms. The first kappa shape index (κ1) is 15.0. The second-order valence-corrected chi connectivity index (χ2v) is 6.81. The SMILES string of the molecule is CCNCc1ccc(Sc2ccc(Br)cn2)cc1Br. The molecule has 0 radical (unpaired) electrons. The number of hydrogen-bond acceptors (Lipinski definition) is 3. The van der Waals surface area contributed by atoms with E-state index >= 15 is 0 Å². The van der Waals surface area contributed by atoms with E-state index in [9.17, 15) is 0 Å². The van der Waals surface area contributed by atoms with E-state index in [0.717, 1.165) is 27.1 Å². The van der Waals surface area contributed by atoms with Crippen LogP contribution in [0.5, 0.6) is 0 Å². The Labute approximate surface area is 134 Å². The van der Waals surface area contributed by atoms with Crippen molar-refractivity contribution >= 4 is 43.6 Å². The zero-order valence-electron chi connectivity index (χ0n) is 10.5. The number of rotatable bonds is 5. The number of benzene rings is 1. The van der Waals surface area contributed by atoms with Gasteiger partial charge in [0.1, 0.15) is 5.03 Å². The number of aromatic nitrogens is 1. The molecule has 1 aromatic heterocycles. The van der Waals surface area contributed by atoms with Crippen molar-refractivity contribution in [3.63, 3.8) is 0 Å². The van der Waals surface area contributed by atoms with Crippen molar-refractivity contribution < 1.29 is 0 Å². The number of pyridine rings is 1. The van der Waals surface area contributed by atoms with Gasteiger partial charge in [0.25, 0.3) is 0 Å². The van der Waals surface area contributed by atoms with Gasteiger partial charge in [0.2, 0.25) is 0 Å². The zero-order valence-corrected chi connectivity index (χ0v) is 14.5. The van der Waals surface area contributed by atoms with Gasteiger partial charge in [-0.25, -0.2) is 4.98 Å². The summed E-state index contributed by atoms with van der Waals surface area (Å²) in [4.78, 5) is 5.55. The van der Waals surface area contributed by atoms with Gasteiger partial charge in [0.15, 0.2) is 0 Å². The third-order valence-corrected chi connectivity index (χ3v) is 4.66. The van der Waals surface area contributed by atoms with E-state index in [0.29, 0.717) is 0 Å². The molecule has 0 amide bonds. The molecule has 100 valence electrons. The van der Waals surface area contributed by atoms with E-state index in [4.69, 9.17) is 0 Å². The molecule has 0 fully saturated rings. The topological polar surface area (TPSA) is 24.9 Å². The molecular formula is C14H14Br2N2S. The zero-order chi connectivity index (χ0) is 13.7. The molecule has 0 saturated heterocycles. The number of halogens is 2. The molecule has 0 spiro atoms. The predicted octanol–water partition coefficient (Wildman–Crippen LogP) is 4.87. The van der Waals surface area contributed by atoms with E-state index in [1.165, 1.54) is 10.5 Å². The lowest BCUT2D eigenvalue weighted by Crippen LogP contribution is -2.11. The third-order valence-electron chi connectivity index (χ3n) is 2.51. The normalized spacial score (nSPS) is 10.7. The summed E-state index contributed by atoms with van der Waals surface area (Å²) in [5, 5.41) is 4.32. The van der Waals surface area contributed by atoms with Crippen LogP contribution in [0.1, 0.15) is 12.5 Å². The largest absolute Gasteiger partial charge is 0.313 e. The first-order valence-electron chi connectivity index (χ1n) is 5.97. The molecule has 0 aliphatic heterocycles. The van der Waals surface area contributed by atoms with Crippen LogP contribution in [-0.2, 0) is 6.54 Å². The van der Waals surface area contributed by atoms with Gasteiger partial charge in [0, 0.05) is 26.6 Å². The van der Waals surface area contributed by atoms with Crippen LogP contribution < -0.4 is 5.32 Å². The number of hydrogen-bond donors (Lipinski definition) is 1. The van der Waals surface area contributed by atoms with E-state index in [2.05, 4.69) is 67.3 Å². The fourth-order valence-corrected chi connectivity index (χ4v) is 3.24. The standard InChI is InChI=1S/C14H14Br2N2S/c1-2-17-8-10-3-5-12(7-13(10)16)19-14-6-4-11(15)9-18-14/h3-7,9,17H,2,8H2,1H3. The second-order valence-electron chi connectivity index (χ2n) is 3.95. The minimum absolute atomic E-state index is 0.887. The summed E-state index contributed by atoms with van der Waals surface area (Å²) >= 11 is 8.67. The molecule has 1 aromatic carbocycles. The predicted molar refractivity (Wildman–Crippen MR) is 87.6 cm³/mol. The van der Waals surface area contributed by atoms with Crippen molar-refractivity contribution in [2.24, 2.45) is 0 Å². The molecule has 2 aromatic rings. The van der Waals surface area contributed by atoms with E-state index in [-0.39, 0.29) is 0 Å². The Morgan fingerprint density at radius 2 is 2.05 bits per heavy atom. The van der Waals surface area contributed by atoms with Crippen molar-refractivity contribution in [1.29, 1.82) is 0 Å². The van der Waals surface area contributed by atoms with Crippen LogP contribution >= 0.6 is 43.6 Å². The van der Waals surface area contributed by atoms with Gasteiger partial charge in [-0.3, -0.25) is 0 Å². The van der Waals surface area contributed by atoms with Gasteiger partial charge in [-0.15, -0.1) is 0 Å². The lowest BCUT2D eigenvalue weighted by atomic mass is 10.2. The van der Waals surface area contributed by atoms with Crippen molar-refractivity contribution in [2.75, 3.05) is 6.54 Å². The van der Waals surface area contributed by atoms with Gasteiger partial charge in [-0.1, -0.05) is 40.7 Å². The van der Waals surface area contributed by atoms with Crippen molar-refractivity contribution in [3.8, 4) is 0 Å². The molecule has 2 rings (SSSR count). The molecule has 2 nitrogen and oxygen atoms in total. The number of nitrogens with one attached hydrogen (secondary N) is 1. The molecule has 0 unspecified atom stereocenters. The summed E-state index contributed by atoms with van der Waals surface area (Å²) in [6.07, 6.45) is 1.82. The van der Waals surface area contributed by atoms with Crippen LogP contribution in [-0.4, -0.2) is 11.5 Å². The van der Waals surface area contributed by atoms with Crippen LogP contribution in [0.2, 0.25) is 0 Å². The van der Waals surface area contributed by atoms with E-state index in [1.807, 2.05) is 18.3 Å². The summed E-state index contributed by atoms with van der Waals surface area (Å²) in [5.74, 6) is 0. The Balaban J connectivity index is 2.09. The highest BCUT2D eigenvalue weighted by Crippen LogP contribution is 2.30. The van der Waals surface area contributed by atoms with Gasteiger partial charge >= 0.3 is 0 Å². The third kappa shape index (κ3) is 4.60. The molecule has 0 saturated carbocycles. The summed E-state index contributed by atoms with van der Waals surface area (Å²) in [6.45, 7) is 3.97.